The van der Waals surface area contributed by atoms with Crippen LogP contribution in [0.25, 0.3) is 0 Å². The normalized spacial score (nSPS) is 15.9. The van der Waals surface area contributed by atoms with Gasteiger partial charge in [-0.15, -0.1) is 4.72 Å². The highest BCUT2D eigenvalue weighted by atomic mass is 32.2. The van der Waals surface area contributed by atoms with Gasteiger partial charge in [-0.3, -0.25) is 0 Å². The van der Waals surface area contributed by atoms with Crippen LogP contribution in [-0.2, 0) is 11.4 Å². The van der Waals surface area contributed by atoms with Gasteiger partial charge in [-0.05, 0) is 26.3 Å². The minimum atomic E-state index is -2.59. The van der Waals surface area contributed by atoms with Gasteiger partial charge in [0.25, 0.3) is 6.43 Å². The lowest BCUT2D eigenvalue weighted by Crippen LogP contribution is -2.43. The van der Waals surface area contributed by atoms with Crippen LogP contribution in [0.5, 0.6) is 0 Å². The largest absolute Gasteiger partial charge is 0.598 e. The molecule has 0 fully saturated rings. The van der Waals surface area contributed by atoms with E-state index >= 15 is 0 Å². The van der Waals surface area contributed by atoms with Crippen molar-refractivity contribution in [2.24, 2.45) is 0 Å². The van der Waals surface area contributed by atoms with Crippen molar-refractivity contribution in [1.82, 2.24) is 4.72 Å². The molecule has 0 amide bonds. The van der Waals surface area contributed by atoms with E-state index in [1.165, 1.54) is 0 Å². The fraction of sp³-hybridized carbons (Fsp3) is 0.500. The SMILES string of the molecule is CC(C)(C)[S+]([O-])NC(c1ccccc1)C(F)F. The van der Waals surface area contributed by atoms with Gasteiger partial charge in [0.05, 0.1) is 0 Å². The van der Waals surface area contributed by atoms with Crippen molar-refractivity contribution < 1.29 is 13.3 Å². The van der Waals surface area contributed by atoms with Gasteiger partial charge in [0, 0.05) is 11.4 Å². The Hall–Kier alpha value is -0.650. The summed E-state index contributed by atoms with van der Waals surface area (Å²) in [6, 6.07) is 7.13. The lowest BCUT2D eigenvalue weighted by Gasteiger charge is -2.27. The maximum absolute atomic E-state index is 12.9. The van der Waals surface area contributed by atoms with E-state index in [4.69, 9.17) is 0 Å². The molecule has 96 valence electrons. The summed E-state index contributed by atoms with van der Waals surface area (Å²) < 4.78 is 39.6. The van der Waals surface area contributed by atoms with Gasteiger partial charge in [-0.1, -0.05) is 30.3 Å². The third kappa shape index (κ3) is 4.26. The smallest absolute Gasteiger partial charge is 0.262 e. The molecule has 2 nitrogen and oxygen atoms in total. The molecule has 0 aliphatic rings. The van der Waals surface area contributed by atoms with E-state index < -0.39 is 28.6 Å². The second kappa shape index (κ2) is 5.80. The second-order valence-corrected chi connectivity index (χ2v) is 6.72. The van der Waals surface area contributed by atoms with E-state index in [0.29, 0.717) is 5.56 Å². The van der Waals surface area contributed by atoms with Gasteiger partial charge in [0.2, 0.25) is 0 Å². The molecule has 1 N–H and O–H groups in total. The first kappa shape index (κ1) is 14.4. The van der Waals surface area contributed by atoms with Crippen LogP contribution in [0.1, 0.15) is 32.4 Å². The zero-order chi connectivity index (χ0) is 13.1. The molecule has 0 aromatic heterocycles. The molecular formula is C12H17F2NOS. The summed E-state index contributed by atoms with van der Waals surface area (Å²) in [6.07, 6.45) is -2.59. The van der Waals surface area contributed by atoms with Crippen molar-refractivity contribution in [2.45, 2.75) is 38.0 Å². The number of halogens is 2. The van der Waals surface area contributed by atoms with Gasteiger partial charge in [0.1, 0.15) is 10.8 Å². The number of rotatable bonds is 4. The summed E-state index contributed by atoms with van der Waals surface area (Å²) in [7, 11) is 0. The average Bonchev–Trinajstić information content (AvgIpc) is 2.25. The minimum Gasteiger partial charge on any atom is -0.598 e. The fourth-order valence-corrected chi connectivity index (χ4v) is 2.04. The lowest BCUT2D eigenvalue weighted by molar-refractivity contribution is 0.109. The summed E-state index contributed by atoms with van der Waals surface area (Å²) in [5.74, 6) is 0. The van der Waals surface area contributed by atoms with Crippen molar-refractivity contribution in [3.05, 3.63) is 35.9 Å². The molecule has 1 aromatic carbocycles. The Balaban J connectivity index is 2.82. The number of alkyl halides is 2. The zero-order valence-corrected chi connectivity index (χ0v) is 10.9. The molecular weight excluding hydrogens is 244 g/mol. The molecule has 0 heterocycles. The maximum Gasteiger partial charge on any atom is 0.262 e. The highest BCUT2D eigenvalue weighted by Crippen LogP contribution is 2.24. The first-order valence-electron chi connectivity index (χ1n) is 5.33. The predicted molar refractivity (Wildman–Crippen MR) is 66.2 cm³/mol. The molecule has 5 heteroatoms. The molecule has 0 saturated carbocycles. The summed E-state index contributed by atoms with van der Waals surface area (Å²) in [5, 5.41) is 0. The molecule has 1 aromatic rings. The number of nitrogens with one attached hydrogen (secondary N) is 1. The predicted octanol–water partition coefficient (Wildman–Crippen LogP) is 3.04. The van der Waals surface area contributed by atoms with Crippen LogP contribution in [0.15, 0.2) is 30.3 Å². The van der Waals surface area contributed by atoms with Crippen molar-refractivity contribution in [2.75, 3.05) is 0 Å². The summed E-state index contributed by atoms with van der Waals surface area (Å²) in [6.45, 7) is 5.22. The Labute approximate surface area is 104 Å². The molecule has 0 aliphatic carbocycles. The van der Waals surface area contributed by atoms with Gasteiger partial charge >= 0.3 is 0 Å². The van der Waals surface area contributed by atoms with Crippen LogP contribution in [0.3, 0.4) is 0 Å². The molecule has 2 unspecified atom stereocenters. The summed E-state index contributed by atoms with van der Waals surface area (Å²) in [4.78, 5) is 0. The standard InChI is InChI=1S/C12H17F2NOS/c1-12(2,3)17(16)15-10(11(13)14)9-7-5-4-6-8-9/h4-8,10-11,15H,1-3H3. The van der Waals surface area contributed by atoms with Gasteiger partial charge in [-0.25, -0.2) is 8.78 Å². The number of benzene rings is 1. The first-order chi connectivity index (χ1) is 7.82. The first-order valence-corrected chi connectivity index (χ1v) is 6.48. The van der Waals surface area contributed by atoms with E-state index in [2.05, 4.69) is 4.72 Å². The van der Waals surface area contributed by atoms with E-state index in [0.717, 1.165) is 0 Å². The summed E-state index contributed by atoms with van der Waals surface area (Å²) in [5.41, 5.74) is 0.445. The van der Waals surface area contributed by atoms with E-state index in [-0.39, 0.29) is 0 Å². The molecule has 0 saturated heterocycles. The summed E-state index contributed by atoms with van der Waals surface area (Å²) >= 11 is -1.52. The van der Waals surface area contributed by atoms with Crippen molar-refractivity contribution in [1.29, 1.82) is 0 Å². The maximum atomic E-state index is 12.9. The molecule has 17 heavy (non-hydrogen) atoms. The molecule has 0 bridgehead atoms. The fourth-order valence-electron chi connectivity index (χ4n) is 1.22. The minimum absolute atomic E-state index is 0.445. The Morgan fingerprint density at radius 3 is 2.12 bits per heavy atom. The monoisotopic (exact) mass is 261 g/mol. The van der Waals surface area contributed by atoms with Gasteiger partial charge in [0.15, 0.2) is 0 Å². The molecule has 1 rings (SSSR count). The Morgan fingerprint density at radius 2 is 1.71 bits per heavy atom. The van der Waals surface area contributed by atoms with Crippen LogP contribution >= 0.6 is 0 Å². The van der Waals surface area contributed by atoms with Crippen LogP contribution in [-0.4, -0.2) is 15.7 Å². The van der Waals surface area contributed by atoms with Crippen LogP contribution in [0, 0.1) is 0 Å². The number of hydrogen-bond acceptors (Lipinski definition) is 2. The van der Waals surface area contributed by atoms with E-state index in [1.54, 1.807) is 51.1 Å². The average molecular weight is 261 g/mol. The highest BCUT2D eigenvalue weighted by molar-refractivity contribution is 7.90. The molecule has 0 radical (unpaired) electrons. The van der Waals surface area contributed by atoms with Gasteiger partial charge in [-0.2, -0.15) is 0 Å². The van der Waals surface area contributed by atoms with Crippen LogP contribution < -0.4 is 4.72 Å². The zero-order valence-electron chi connectivity index (χ0n) is 10.1. The van der Waals surface area contributed by atoms with Crippen molar-refractivity contribution >= 4 is 11.4 Å². The second-order valence-electron chi connectivity index (χ2n) is 4.72. The van der Waals surface area contributed by atoms with E-state index in [9.17, 15) is 13.3 Å². The van der Waals surface area contributed by atoms with Crippen LogP contribution in [0.4, 0.5) is 8.78 Å². The van der Waals surface area contributed by atoms with Crippen LogP contribution in [0.2, 0.25) is 0 Å². The quantitative estimate of drug-likeness (QED) is 0.845. The third-order valence-electron chi connectivity index (χ3n) is 2.20. The number of hydrogen-bond donors (Lipinski definition) is 1. The molecule has 0 spiro atoms. The van der Waals surface area contributed by atoms with Gasteiger partial charge < -0.3 is 4.55 Å². The Bertz CT molecular complexity index is 340. The topological polar surface area (TPSA) is 35.1 Å². The van der Waals surface area contributed by atoms with E-state index in [1.807, 2.05) is 0 Å². The van der Waals surface area contributed by atoms with Crippen molar-refractivity contribution in [3.8, 4) is 0 Å². The Morgan fingerprint density at radius 1 is 1.18 bits per heavy atom. The molecule has 2 atom stereocenters. The third-order valence-corrected chi connectivity index (χ3v) is 3.78. The van der Waals surface area contributed by atoms with Crippen molar-refractivity contribution in [3.63, 3.8) is 0 Å². The molecule has 0 aliphatic heterocycles. The Kier molecular flexibility index (Phi) is 4.91. The highest BCUT2D eigenvalue weighted by Gasteiger charge is 2.33. The lowest BCUT2D eigenvalue weighted by atomic mass is 10.1.